The fraction of sp³-hybridized carbons (Fsp3) is 0.889. The Bertz CT molecular complexity index is 115. The maximum atomic E-state index is 8.71. The summed E-state index contributed by atoms with van der Waals surface area (Å²) < 4.78 is 0. The summed E-state index contributed by atoms with van der Waals surface area (Å²) in [5, 5.41) is 11.8. The Kier molecular flexibility index (Phi) is 8.12. The Morgan fingerprint density at radius 2 is 2.33 bits per heavy atom. The average Bonchev–Trinajstić information content (AvgIpc) is 2.10. The van der Waals surface area contributed by atoms with Gasteiger partial charge in [0.15, 0.2) is 0 Å². The first-order valence-corrected chi connectivity index (χ1v) is 4.63. The lowest BCUT2D eigenvalue weighted by Crippen LogP contribution is -2.16. The summed E-state index contributed by atoms with van der Waals surface area (Å²) in [7, 11) is 0. The molecule has 0 aromatic carbocycles. The summed E-state index contributed by atoms with van der Waals surface area (Å²) in [4.78, 5) is 4.11. The summed E-state index contributed by atoms with van der Waals surface area (Å²) in [5.41, 5.74) is 0. The van der Waals surface area contributed by atoms with Crippen LogP contribution in [0.15, 0.2) is 4.99 Å². The Morgan fingerprint density at radius 1 is 1.58 bits per heavy atom. The van der Waals surface area contributed by atoms with E-state index in [-0.39, 0.29) is 6.61 Å². The SMILES string of the molecule is CCCN=CNCCC(C)CO. The standard InChI is InChI=1S/C9H20N2O/c1-3-5-10-8-11-6-4-9(2)7-12/h8-9,12H,3-7H2,1-2H3,(H,10,11). The lowest BCUT2D eigenvalue weighted by Gasteiger charge is -2.05. The number of aliphatic hydroxyl groups is 1. The van der Waals surface area contributed by atoms with Gasteiger partial charge in [0, 0.05) is 19.7 Å². The molecular formula is C9H20N2O. The van der Waals surface area contributed by atoms with Crippen LogP contribution in [0.3, 0.4) is 0 Å². The molecule has 1 atom stereocenters. The van der Waals surface area contributed by atoms with Gasteiger partial charge in [0.2, 0.25) is 0 Å². The second kappa shape index (κ2) is 8.53. The molecule has 0 aromatic heterocycles. The minimum Gasteiger partial charge on any atom is -0.396 e. The van der Waals surface area contributed by atoms with Crippen molar-refractivity contribution in [3.8, 4) is 0 Å². The van der Waals surface area contributed by atoms with Crippen molar-refractivity contribution >= 4 is 6.34 Å². The summed E-state index contributed by atoms with van der Waals surface area (Å²) in [6.07, 6.45) is 3.84. The molecule has 2 N–H and O–H groups in total. The number of aliphatic hydroxyl groups excluding tert-OH is 1. The van der Waals surface area contributed by atoms with Gasteiger partial charge in [-0.2, -0.15) is 0 Å². The van der Waals surface area contributed by atoms with E-state index in [0.29, 0.717) is 5.92 Å². The number of nitrogens with zero attached hydrogens (tertiary/aromatic N) is 1. The highest BCUT2D eigenvalue weighted by atomic mass is 16.3. The fourth-order valence-electron chi connectivity index (χ4n) is 0.744. The second-order valence-electron chi connectivity index (χ2n) is 3.07. The molecule has 3 nitrogen and oxygen atoms in total. The average molecular weight is 172 g/mol. The Balaban J connectivity index is 3.09. The topological polar surface area (TPSA) is 44.6 Å². The number of rotatable bonds is 7. The third-order valence-corrected chi connectivity index (χ3v) is 1.63. The van der Waals surface area contributed by atoms with E-state index in [9.17, 15) is 0 Å². The molecule has 0 fully saturated rings. The van der Waals surface area contributed by atoms with E-state index in [0.717, 1.165) is 25.9 Å². The highest BCUT2D eigenvalue weighted by molar-refractivity contribution is 5.53. The summed E-state index contributed by atoms with van der Waals surface area (Å²) in [6.45, 7) is 6.20. The molecule has 0 saturated carbocycles. The minimum absolute atomic E-state index is 0.272. The van der Waals surface area contributed by atoms with E-state index in [1.165, 1.54) is 0 Å². The maximum Gasteiger partial charge on any atom is 0.0823 e. The van der Waals surface area contributed by atoms with Gasteiger partial charge in [-0.25, -0.2) is 0 Å². The van der Waals surface area contributed by atoms with Crippen molar-refractivity contribution in [1.82, 2.24) is 5.32 Å². The van der Waals surface area contributed by atoms with Crippen LogP contribution in [0.25, 0.3) is 0 Å². The molecule has 1 unspecified atom stereocenters. The largest absolute Gasteiger partial charge is 0.396 e. The van der Waals surface area contributed by atoms with Crippen LogP contribution in [0.1, 0.15) is 26.7 Å². The van der Waals surface area contributed by atoms with Crippen molar-refractivity contribution < 1.29 is 5.11 Å². The molecular weight excluding hydrogens is 152 g/mol. The van der Waals surface area contributed by atoms with Crippen LogP contribution in [-0.4, -0.2) is 31.1 Å². The van der Waals surface area contributed by atoms with Crippen molar-refractivity contribution in [1.29, 1.82) is 0 Å². The highest BCUT2D eigenvalue weighted by Gasteiger charge is 1.96. The van der Waals surface area contributed by atoms with Gasteiger partial charge in [0.05, 0.1) is 6.34 Å². The van der Waals surface area contributed by atoms with Crippen molar-refractivity contribution in [2.45, 2.75) is 26.7 Å². The Hall–Kier alpha value is -0.570. The second-order valence-corrected chi connectivity index (χ2v) is 3.07. The molecule has 0 heterocycles. The summed E-state index contributed by atoms with van der Waals surface area (Å²) in [6, 6.07) is 0. The minimum atomic E-state index is 0.272. The first-order valence-electron chi connectivity index (χ1n) is 4.63. The lowest BCUT2D eigenvalue weighted by atomic mass is 10.1. The number of hydrogen-bond donors (Lipinski definition) is 2. The monoisotopic (exact) mass is 172 g/mol. The predicted octanol–water partition coefficient (Wildman–Crippen LogP) is 1.03. The lowest BCUT2D eigenvalue weighted by molar-refractivity contribution is 0.231. The molecule has 0 spiro atoms. The third kappa shape index (κ3) is 7.54. The molecule has 0 radical (unpaired) electrons. The van der Waals surface area contributed by atoms with Crippen LogP contribution >= 0.6 is 0 Å². The van der Waals surface area contributed by atoms with Gasteiger partial charge >= 0.3 is 0 Å². The van der Waals surface area contributed by atoms with Crippen molar-refractivity contribution in [2.24, 2.45) is 10.9 Å². The zero-order chi connectivity index (χ0) is 9.23. The molecule has 0 bridgehead atoms. The van der Waals surface area contributed by atoms with Gasteiger partial charge in [-0.1, -0.05) is 13.8 Å². The van der Waals surface area contributed by atoms with Crippen molar-refractivity contribution in [3.05, 3.63) is 0 Å². The van der Waals surface area contributed by atoms with E-state index in [1.807, 2.05) is 6.92 Å². The third-order valence-electron chi connectivity index (χ3n) is 1.63. The summed E-state index contributed by atoms with van der Waals surface area (Å²) >= 11 is 0. The van der Waals surface area contributed by atoms with Crippen LogP contribution in [0, 0.1) is 5.92 Å². The predicted molar refractivity (Wildman–Crippen MR) is 52.5 cm³/mol. The molecule has 0 rings (SSSR count). The van der Waals surface area contributed by atoms with Crippen LogP contribution in [0.2, 0.25) is 0 Å². The smallest absolute Gasteiger partial charge is 0.0823 e. The van der Waals surface area contributed by atoms with Gasteiger partial charge in [0.1, 0.15) is 0 Å². The molecule has 0 aliphatic heterocycles. The number of hydrogen-bond acceptors (Lipinski definition) is 2. The molecule has 0 aliphatic rings. The number of aliphatic imine (C=N–C) groups is 1. The van der Waals surface area contributed by atoms with Gasteiger partial charge in [-0.3, -0.25) is 4.99 Å². The van der Waals surface area contributed by atoms with Gasteiger partial charge in [-0.15, -0.1) is 0 Å². The first kappa shape index (κ1) is 11.4. The van der Waals surface area contributed by atoms with Gasteiger partial charge < -0.3 is 10.4 Å². The van der Waals surface area contributed by atoms with E-state index < -0.39 is 0 Å². The summed E-state index contributed by atoms with van der Waals surface area (Å²) in [5.74, 6) is 0.386. The quantitative estimate of drug-likeness (QED) is 0.342. The van der Waals surface area contributed by atoms with Crippen LogP contribution in [0.4, 0.5) is 0 Å². The van der Waals surface area contributed by atoms with E-state index >= 15 is 0 Å². The Labute approximate surface area is 74.9 Å². The highest BCUT2D eigenvalue weighted by Crippen LogP contribution is 1.96. The molecule has 0 aromatic rings. The molecule has 0 amide bonds. The van der Waals surface area contributed by atoms with Gasteiger partial charge in [-0.05, 0) is 18.8 Å². The number of nitrogens with one attached hydrogen (secondary N) is 1. The molecule has 0 saturated heterocycles. The van der Waals surface area contributed by atoms with Crippen molar-refractivity contribution in [2.75, 3.05) is 19.7 Å². The zero-order valence-corrected chi connectivity index (χ0v) is 8.08. The first-order chi connectivity index (χ1) is 5.81. The van der Waals surface area contributed by atoms with E-state index in [1.54, 1.807) is 6.34 Å². The Morgan fingerprint density at radius 3 is 2.92 bits per heavy atom. The van der Waals surface area contributed by atoms with E-state index in [4.69, 9.17) is 5.11 Å². The van der Waals surface area contributed by atoms with Crippen LogP contribution < -0.4 is 5.32 Å². The van der Waals surface area contributed by atoms with Crippen LogP contribution in [-0.2, 0) is 0 Å². The normalized spacial score (nSPS) is 13.6. The van der Waals surface area contributed by atoms with Crippen molar-refractivity contribution in [3.63, 3.8) is 0 Å². The van der Waals surface area contributed by atoms with E-state index in [2.05, 4.69) is 17.2 Å². The van der Waals surface area contributed by atoms with Crippen LogP contribution in [0.5, 0.6) is 0 Å². The molecule has 3 heteroatoms. The molecule has 72 valence electrons. The molecule has 12 heavy (non-hydrogen) atoms. The molecule has 0 aliphatic carbocycles. The van der Waals surface area contributed by atoms with Gasteiger partial charge in [0.25, 0.3) is 0 Å². The fourth-order valence-corrected chi connectivity index (χ4v) is 0.744. The maximum absolute atomic E-state index is 8.71. The zero-order valence-electron chi connectivity index (χ0n) is 8.08.